The van der Waals surface area contributed by atoms with Crippen LogP contribution in [0.3, 0.4) is 0 Å². The van der Waals surface area contributed by atoms with Crippen LogP contribution in [0.1, 0.15) is 17.2 Å². The molecule has 0 aliphatic heterocycles. The first kappa shape index (κ1) is 11.6. The molecule has 0 radical (unpaired) electrons. The number of halogens is 2. The number of aryl methyl sites for hydroxylation is 1. The topological polar surface area (TPSA) is 38.0 Å². The smallest absolute Gasteiger partial charge is 0.109 e. The maximum absolute atomic E-state index is 10.2. The normalized spacial score (nSPS) is 12.8. The van der Waals surface area contributed by atoms with Crippen LogP contribution in [0.5, 0.6) is 0 Å². The number of nitrogens with zero attached hydrogens (tertiary/aromatic N) is 2. The molecular formula is C11H10BrClN2O. The summed E-state index contributed by atoms with van der Waals surface area (Å²) >= 11 is 9.44. The molecule has 0 saturated heterocycles. The predicted octanol–water partition coefficient (Wildman–Crippen LogP) is 2.92. The van der Waals surface area contributed by atoms with Crippen molar-refractivity contribution >= 4 is 27.5 Å². The lowest BCUT2D eigenvalue weighted by Gasteiger charge is -2.11. The second kappa shape index (κ2) is 4.57. The van der Waals surface area contributed by atoms with Crippen molar-refractivity contribution < 1.29 is 5.11 Å². The number of aliphatic hydroxyl groups is 1. The fourth-order valence-electron chi connectivity index (χ4n) is 1.49. The fraction of sp³-hybridized carbons (Fsp3) is 0.182. The van der Waals surface area contributed by atoms with E-state index in [9.17, 15) is 5.11 Å². The molecule has 0 bridgehead atoms. The van der Waals surface area contributed by atoms with Gasteiger partial charge in [0.2, 0.25) is 0 Å². The van der Waals surface area contributed by atoms with E-state index in [1.807, 2.05) is 12.1 Å². The van der Waals surface area contributed by atoms with Crippen molar-refractivity contribution in [3.63, 3.8) is 0 Å². The summed E-state index contributed by atoms with van der Waals surface area (Å²) in [5.41, 5.74) is 1.39. The van der Waals surface area contributed by atoms with Gasteiger partial charge in [0.15, 0.2) is 0 Å². The zero-order valence-corrected chi connectivity index (χ0v) is 10.9. The van der Waals surface area contributed by atoms with Crippen molar-refractivity contribution in [3.05, 3.63) is 51.2 Å². The molecular weight excluding hydrogens is 291 g/mol. The monoisotopic (exact) mass is 300 g/mol. The van der Waals surface area contributed by atoms with Crippen LogP contribution in [0.15, 0.2) is 35.1 Å². The molecule has 2 aromatic rings. The van der Waals surface area contributed by atoms with Gasteiger partial charge < -0.3 is 5.11 Å². The molecule has 84 valence electrons. The van der Waals surface area contributed by atoms with Crippen molar-refractivity contribution in [1.82, 2.24) is 9.78 Å². The Hall–Kier alpha value is -0.840. The number of hydrogen-bond acceptors (Lipinski definition) is 2. The Kier molecular flexibility index (Phi) is 3.33. The van der Waals surface area contributed by atoms with Gasteiger partial charge >= 0.3 is 0 Å². The first-order chi connectivity index (χ1) is 7.59. The van der Waals surface area contributed by atoms with E-state index in [4.69, 9.17) is 11.6 Å². The molecule has 0 saturated carbocycles. The second-order valence-electron chi connectivity index (χ2n) is 3.49. The van der Waals surface area contributed by atoms with Gasteiger partial charge in [-0.15, -0.1) is 0 Å². The zero-order chi connectivity index (χ0) is 11.7. The highest BCUT2D eigenvalue weighted by molar-refractivity contribution is 9.10. The molecule has 1 N–H and O–H groups in total. The third-order valence-corrected chi connectivity index (χ3v) is 3.63. The minimum Gasteiger partial charge on any atom is -0.383 e. The number of aliphatic hydroxyl groups excluding tert-OH is 1. The van der Waals surface area contributed by atoms with Gasteiger partial charge in [0.1, 0.15) is 6.10 Å². The van der Waals surface area contributed by atoms with Gasteiger partial charge in [-0.3, -0.25) is 4.68 Å². The molecule has 0 aliphatic carbocycles. The minimum atomic E-state index is -0.751. The van der Waals surface area contributed by atoms with E-state index in [-0.39, 0.29) is 0 Å². The van der Waals surface area contributed by atoms with Crippen molar-refractivity contribution in [1.29, 1.82) is 0 Å². The second-order valence-corrected chi connectivity index (χ2v) is 4.73. The number of benzene rings is 1. The SMILES string of the molecule is Cn1cc(C(O)c2cccc(Br)c2Cl)cn1. The quantitative estimate of drug-likeness (QED) is 0.926. The van der Waals surface area contributed by atoms with Crippen LogP contribution in [0.25, 0.3) is 0 Å². The highest BCUT2D eigenvalue weighted by Gasteiger charge is 2.16. The molecule has 0 spiro atoms. The van der Waals surface area contributed by atoms with Crippen LogP contribution < -0.4 is 0 Å². The molecule has 5 heteroatoms. The van der Waals surface area contributed by atoms with Crippen LogP contribution in [0.2, 0.25) is 5.02 Å². The van der Waals surface area contributed by atoms with Gasteiger partial charge in [-0.1, -0.05) is 23.7 Å². The molecule has 0 aliphatic rings. The van der Waals surface area contributed by atoms with Crippen molar-refractivity contribution in [2.45, 2.75) is 6.10 Å². The van der Waals surface area contributed by atoms with E-state index < -0.39 is 6.10 Å². The van der Waals surface area contributed by atoms with Crippen molar-refractivity contribution in [2.24, 2.45) is 7.05 Å². The lowest BCUT2D eigenvalue weighted by Crippen LogP contribution is -1.99. The molecule has 3 nitrogen and oxygen atoms in total. The van der Waals surface area contributed by atoms with E-state index in [1.54, 1.807) is 30.2 Å². The fourth-order valence-corrected chi connectivity index (χ4v) is 2.10. The lowest BCUT2D eigenvalue weighted by atomic mass is 10.1. The van der Waals surface area contributed by atoms with E-state index in [2.05, 4.69) is 21.0 Å². The highest BCUT2D eigenvalue weighted by atomic mass is 79.9. The van der Waals surface area contributed by atoms with Crippen LogP contribution in [0, 0.1) is 0 Å². The summed E-state index contributed by atoms with van der Waals surface area (Å²) in [5, 5.41) is 14.7. The average Bonchev–Trinajstić information content (AvgIpc) is 2.68. The maximum Gasteiger partial charge on any atom is 0.109 e. The average molecular weight is 302 g/mol. The third kappa shape index (κ3) is 2.14. The number of rotatable bonds is 2. The largest absolute Gasteiger partial charge is 0.383 e. The van der Waals surface area contributed by atoms with Gasteiger partial charge in [0, 0.05) is 28.8 Å². The Morgan fingerprint density at radius 3 is 2.88 bits per heavy atom. The predicted molar refractivity (Wildman–Crippen MR) is 66.4 cm³/mol. The van der Waals surface area contributed by atoms with E-state index in [0.29, 0.717) is 10.6 Å². The van der Waals surface area contributed by atoms with Crippen molar-refractivity contribution in [2.75, 3.05) is 0 Å². The van der Waals surface area contributed by atoms with Crippen LogP contribution >= 0.6 is 27.5 Å². The molecule has 0 amide bonds. The molecule has 1 unspecified atom stereocenters. The number of aromatic nitrogens is 2. The van der Waals surface area contributed by atoms with Crippen molar-refractivity contribution in [3.8, 4) is 0 Å². The maximum atomic E-state index is 10.2. The number of hydrogen-bond donors (Lipinski definition) is 1. The summed E-state index contributed by atoms with van der Waals surface area (Å²) in [6.45, 7) is 0. The van der Waals surface area contributed by atoms with Gasteiger partial charge in [-0.2, -0.15) is 5.10 Å². The van der Waals surface area contributed by atoms with E-state index in [1.165, 1.54) is 0 Å². The summed E-state index contributed by atoms with van der Waals surface area (Å²) in [7, 11) is 1.80. The van der Waals surface area contributed by atoms with Crippen LogP contribution in [-0.2, 0) is 7.05 Å². The van der Waals surface area contributed by atoms with Gasteiger partial charge in [-0.05, 0) is 22.0 Å². The highest BCUT2D eigenvalue weighted by Crippen LogP contribution is 2.32. The summed E-state index contributed by atoms with van der Waals surface area (Å²) in [5.74, 6) is 0. The molecule has 1 aromatic carbocycles. The van der Waals surface area contributed by atoms with Gasteiger partial charge in [-0.25, -0.2) is 0 Å². The van der Waals surface area contributed by atoms with Gasteiger partial charge in [0.05, 0.1) is 11.2 Å². The third-order valence-electron chi connectivity index (χ3n) is 2.32. The lowest BCUT2D eigenvalue weighted by molar-refractivity contribution is 0.220. The standard InChI is InChI=1S/C11H10BrClN2O/c1-15-6-7(5-14-15)11(16)8-3-2-4-9(12)10(8)13/h2-6,11,16H,1H3. The Morgan fingerprint density at radius 2 is 2.25 bits per heavy atom. The molecule has 2 rings (SSSR count). The Balaban J connectivity index is 2.41. The minimum absolute atomic E-state index is 0.527. The van der Waals surface area contributed by atoms with E-state index in [0.717, 1.165) is 10.0 Å². The Bertz CT molecular complexity index is 512. The molecule has 1 heterocycles. The first-order valence-electron chi connectivity index (χ1n) is 4.70. The summed E-state index contributed by atoms with van der Waals surface area (Å²) in [6, 6.07) is 5.47. The Morgan fingerprint density at radius 1 is 1.50 bits per heavy atom. The molecule has 1 atom stereocenters. The summed E-state index contributed by atoms with van der Waals surface area (Å²) in [4.78, 5) is 0. The molecule has 0 fully saturated rings. The zero-order valence-electron chi connectivity index (χ0n) is 8.56. The van der Waals surface area contributed by atoms with Gasteiger partial charge in [0.25, 0.3) is 0 Å². The summed E-state index contributed by atoms with van der Waals surface area (Å²) < 4.78 is 2.42. The molecule has 1 aromatic heterocycles. The van der Waals surface area contributed by atoms with E-state index >= 15 is 0 Å². The summed E-state index contributed by atoms with van der Waals surface area (Å²) in [6.07, 6.45) is 2.64. The van der Waals surface area contributed by atoms with Crippen LogP contribution in [0.4, 0.5) is 0 Å². The van der Waals surface area contributed by atoms with Crippen LogP contribution in [-0.4, -0.2) is 14.9 Å². The molecule has 16 heavy (non-hydrogen) atoms. The Labute approximate surface area is 107 Å². The first-order valence-corrected chi connectivity index (χ1v) is 5.87.